The highest BCUT2D eigenvalue weighted by Gasteiger charge is 2.09. The molecule has 2 rings (SSSR count). The number of nitrogens with two attached hydrogens (primary N) is 1. The summed E-state index contributed by atoms with van der Waals surface area (Å²) in [5, 5.41) is 4.24. The third-order valence-electron chi connectivity index (χ3n) is 2.48. The van der Waals surface area contributed by atoms with Crippen molar-refractivity contribution in [1.29, 1.82) is 0 Å². The van der Waals surface area contributed by atoms with Crippen LogP contribution in [-0.2, 0) is 13.5 Å². The monoisotopic (exact) mass is 219 g/mol. The summed E-state index contributed by atoms with van der Waals surface area (Å²) in [5.41, 5.74) is 7.88. The molecule has 1 aromatic carbocycles. The molecule has 0 fully saturated rings. The zero-order valence-corrected chi connectivity index (χ0v) is 9.10. The molecule has 1 unspecified atom stereocenters. The van der Waals surface area contributed by atoms with E-state index in [4.69, 9.17) is 5.73 Å². The summed E-state index contributed by atoms with van der Waals surface area (Å²) in [6, 6.07) is 8.14. The summed E-state index contributed by atoms with van der Waals surface area (Å²) in [6.45, 7) is 0. The maximum absolute atomic E-state index is 12.7. The number of nitrogens with zero attached hydrogens (tertiary/aromatic N) is 2. The predicted molar refractivity (Wildman–Crippen MR) is 60.2 cm³/mol. The second-order valence-electron chi connectivity index (χ2n) is 3.85. The Balaban J connectivity index is 2.07. The van der Waals surface area contributed by atoms with Crippen LogP contribution in [0.2, 0.25) is 0 Å². The van der Waals surface area contributed by atoms with Crippen molar-refractivity contribution in [3.05, 3.63) is 53.6 Å². The van der Waals surface area contributed by atoms with Gasteiger partial charge in [0.2, 0.25) is 0 Å². The number of aromatic nitrogens is 2. The van der Waals surface area contributed by atoms with Crippen LogP contribution in [0, 0.1) is 5.82 Å². The van der Waals surface area contributed by atoms with E-state index in [1.54, 1.807) is 16.8 Å². The lowest BCUT2D eigenvalue weighted by atomic mass is 10.0. The van der Waals surface area contributed by atoms with Gasteiger partial charge in [0, 0.05) is 13.2 Å². The Bertz CT molecular complexity index is 461. The Kier molecular flexibility index (Phi) is 3.01. The molecular weight excluding hydrogens is 205 g/mol. The van der Waals surface area contributed by atoms with Crippen LogP contribution in [-0.4, -0.2) is 9.78 Å². The van der Waals surface area contributed by atoms with Gasteiger partial charge in [-0.15, -0.1) is 0 Å². The maximum atomic E-state index is 12.7. The molecule has 1 aromatic heterocycles. The normalized spacial score (nSPS) is 12.7. The van der Waals surface area contributed by atoms with E-state index in [-0.39, 0.29) is 11.9 Å². The minimum atomic E-state index is -0.227. The van der Waals surface area contributed by atoms with Gasteiger partial charge in [-0.25, -0.2) is 4.39 Å². The number of hydrogen-bond donors (Lipinski definition) is 1. The van der Waals surface area contributed by atoms with Crippen molar-refractivity contribution >= 4 is 0 Å². The fourth-order valence-electron chi connectivity index (χ4n) is 1.61. The van der Waals surface area contributed by atoms with Crippen molar-refractivity contribution in [3.63, 3.8) is 0 Å². The highest BCUT2D eigenvalue weighted by Crippen LogP contribution is 2.14. The average Bonchev–Trinajstić information content (AvgIpc) is 2.68. The molecule has 16 heavy (non-hydrogen) atoms. The summed E-state index contributed by atoms with van der Waals surface area (Å²) in [7, 11) is 1.86. The fraction of sp³-hybridized carbons (Fsp3) is 0.250. The van der Waals surface area contributed by atoms with Crippen molar-refractivity contribution in [2.45, 2.75) is 12.5 Å². The minimum Gasteiger partial charge on any atom is -0.322 e. The van der Waals surface area contributed by atoms with Crippen molar-refractivity contribution in [1.82, 2.24) is 9.78 Å². The first-order valence-electron chi connectivity index (χ1n) is 5.15. The molecule has 0 saturated heterocycles. The van der Waals surface area contributed by atoms with Crippen LogP contribution >= 0.6 is 0 Å². The van der Waals surface area contributed by atoms with E-state index in [0.717, 1.165) is 11.3 Å². The summed E-state index contributed by atoms with van der Waals surface area (Å²) >= 11 is 0. The molecule has 3 nitrogen and oxygen atoms in total. The summed E-state index contributed by atoms with van der Waals surface area (Å²) in [4.78, 5) is 0. The molecule has 0 aliphatic carbocycles. The van der Waals surface area contributed by atoms with Crippen LogP contribution < -0.4 is 5.73 Å². The smallest absolute Gasteiger partial charge is 0.123 e. The van der Waals surface area contributed by atoms with Gasteiger partial charge in [0.05, 0.1) is 11.7 Å². The van der Waals surface area contributed by atoms with Gasteiger partial charge in [-0.05, 0) is 30.2 Å². The topological polar surface area (TPSA) is 43.8 Å². The van der Waals surface area contributed by atoms with E-state index in [2.05, 4.69) is 5.10 Å². The molecule has 84 valence electrons. The molecule has 0 bridgehead atoms. The molecule has 0 aliphatic rings. The number of halogens is 1. The quantitative estimate of drug-likeness (QED) is 0.855. The van der Waals surface area contributed by atoms with Gasteiger partial charge in [-0.3, -0.25) is 4.68 Å². The summed E-state index contributed by atoms with van der Waals surface area (Å²) in [5.74, 6) is -0.227. The van der Waals surface area contributed by atoms with Crippen LogP contribution in [0.15, 0.2) is 36.5 Å². The standard InChI is InChI=1S/C12H14FN3/c1-16-7-6-12(15-16)11(14)8-9-2-4-10(13)5-3-9/h2-7,11H,8,14H2,1H3. The van der Waals surface area contributed by atoms with Crippen LogP contribution in [0.25, 0.3) is 0 Å². The van der Waals surface area contributed by atoms with Crippen molar-refractivity contribution in [2.24, 2.45) is 12.8 Å². The van der Waals surface area contributed by atoms with Crippen LogP contribution in [0.5, 0.6) is 0 Å². The molecule has 0 aliphatic heterocycles. The molecule has 4 heteroatoms. The van der Waals surface area contributed by atoms with Gasteiger partial charge in [0.25, 0.3) is 0 Å². The van der Waals surface area contributed by atoms with E-state index in [1.807, 2.05) is 19.3 Å². The van der Waals surface area contributed by atoms with E-state index in [9.17, 15) is 4.39 Å². The minimum absolute atomic E-state index is 0.147. The van der Waals surface area contributed by atoms with Gasteiger partial charge in [-0.2, -0.15) is 5.10 Å². The first-order valence-corrected chi connectivity index (χ1v) is 5.15. The molecule has 0 radical (unpaired) electrons. The lowest BCUT2D eigenvalue weighted by molar-refractivity contribution is 0.624. The van der Waals surface area contributed by atoms with Crippen LogP contribution in [0.4, 0.5) is 4.39 Å². The number of rotatable bonds is 3. The molecule has 0 saturated carbocycles. The maximum Gasteiger partial charge on any atom is 0.123 e. The third kappa shape index (κ3) is 2.46. The highest BCUT2D eigenvalue weighted by molar-refractivity contribution is 5.19. The average molecular weight is 219 g/mol. The van der Waals surface area contributed by atoms with Crippen LogP contribution in [0.3, 0.4) is 0 Å². The van der Waals surface area contributed by atoms with Crippen molar-refractivity contribution in [3.8, 4) is 0 Å². The number of benzene rings is 1. The van der Waals surface area contributed by atoms with Gasteiger partial charge >= 0.3 is 0 Å². The predicted octanol–water partition coefficient (Wildman–Crippen LogP) is 1.80. The molecular formula is C12H14FN3. The Labute approximate surface area is 93.7 Å². The van der Waals surface area contributed by atoms with Gasteiger partial charge in [-0.1, -0.05) is 12.1 Å². The highest BCUT2D eigenvalue weighted by atomic mass is 19.1. The molecule has 1 heterocycles. The lowest BCUT2D eigenvalue weighted by Gasteiger charge is -2.08. The molecule has 2 N–H and O–H groups in total. The number of aryl methyl sites for hydroxylation is 1. The largest absolute Gasteiger partial charge is 0.322 e. The number of hydrogen-bond acceptors (Lipinski definition) is 2. The van der Waals surface area contributed by atoms with Gasteiger partial charge < -0.3 is 5.73 Å². The lowest BCUT2D eigenvalue weighted by Crippen LogP contribution is -2.14. The SMILES string of the molecule is Cn1ccc(C(N)Cc2ccc(F)cc2)n1. The van der Waals surface area contributed by atoms with Crippen molar-refractivity contribution < 1.29 is 4.39 Å². The molecule has 2 aromatic rings. The second-order valence-corrected chi connectivity index (χ2v) is 3.85. The van der Waals surface area contributed by atoms with E-state index >= 15 is 0 Å². The first kappa shape index (κ1) is 10.8. The molecule has 0 spiro atoms. The van der Waals surface area contributed by atoms with Gasteiger partial charge in [0.1, 0.15) is 5.82 Å². The summed E-state index contributed by atoms with van der Waals surface area (Å²) in [6.07, 6.45) is 2.52. The second kappa shape index (κ2) is 4.45. The fourth-order valence-corrected chi connectivity index (χ4v) is 1.61. The van der Waals surface area contributed by atoms with Gasteiger partial charge in [0.15, 0.2) is 0 Å². The summed E-state index contributed by atoms with van der Waals surface area (Å²) < 4.78 is 14.4. The molecule has 0 amide bonds. The Morgan fingerprint density at radius 2 is 2.00 bits per heavy atom. The Hall–Kier alpha value is -1.68. The zero-order valence-electron chi connectivity index (χ0n) is 9.10. The molecule has 1 atom stereocenters. The van der Waals surface area contributed by atoms with Crippen LogP contribution in [0.1, 0.15) is 17.3 Å². The Morgan fingerprint density at radius 1 is 1.31 bits per heavy atom. The first-order chi connectivity index (χ1) is 7.65. The van der Waals surface area contributed by atoms with E-state index in [0.29, 0.717) is 6.42 Å². The third-order valence-corrected chi connectivity index (χ3v) is 2.48. The van der Waals surface area contributed by atoms with Crippen molar-refractivity contribution in [2.75, 3.05) is 0 Å². The van der Waals surface area contributed by atoms with E-state index < -0.39 is 0 Å². The van der Waals surface area contributed by atoms with E-state index in [1.165, 1.54) is 12.1 Å². The zero-order chi connectivity index (χ0) is 11.5. The Morgan fingerprint density at radius 3 is 2.56 bits per heavy atom.